The lowest BCUT2D eigenvalue weighted by Crippen LogP contribution is -2.43. The standard InChI is InChI=1S/C19H22FIN2O9/c20-12-9-10(21)4-5-11(12)16(26)22-8-2-1-3-13(17(27)28)23-19(31)32-14(18(29)30)6-7-15(24)25/h4-5,9,13-14H,1-3,6-8H2,(H,22,26)(H,23,31)(H,24,25)(H,27,28)(H,29,30)/t13-,14-/m0/s1/i20-1. The molecule has 0 saturated heterocycles. The van der Waals surface area contributed by atoms with E-state index in [1.54, 1.807) is 6.07 Å². The molecule has 2 amide bonds. The number of amides is 2. The van der Waals surface area contributed by atoms with Crippen molar-refractivity contribution in [1.29, 1.82) is 0 Å². The lowest BCUT2D eigenvalue weighted by Gasteiger charge is -2.17. The van der Waals surface area contributed by atoms with Crippen LogP contribution in [-0.4, -0.2) is 63.9 Å². The van der Waals surface area contributed by atoms with Gasteiger partial charge in [0.2, 0.25) is 6.10 Å². The zero-order chi connectivity index (χ0) is 24.3. The average Bonchev–Trinajstić information content (AvgIpc) is 2.69. The fourth-order valence-corrected chi connectivity index (χ4v) is 2.95. The molecule has 0 aliphatic carbocycles. The predicted molar refractivity (Wildman–Crippen MR) is 115 cm³/mol. The molecule has 0 spiro atoms. The van der Waals surface area contributed by atoms with Crippen molar-refractivity contribution in [3.63, 3.8) is 0 Å². The highest BCUT2D eigenvalue weighted by molar-refractivity contribution is 14.1. The minimum atomic E-state index is -1.74. The fourth-order valence-electron chi connectivity index (χ4n) is 2.49. The van der Waals surface area contributed by atoms with Gasteiger partial charge in [-0.2, -0.15) is 0 Å². The largest absolute Gasteiger partial charge is 0.481 e. The van der Waals surface area contributed by atoms with Gasteiger partial charge in [0.15, 0.2) is 0 Å². The highest BCUT2D eigenvalue weighted by atomic mass is 127. The summed E-state index contributed by atoms with van der Waals surface area (Å²) in [6.07, 6.45) is -3.54. The zero-order valence-corrected chi connectivity index (χ0v) is 18.8. The summed E-state index contributed by atoms with van der Waals surface area (Å²) < 4.78 is 19.0. The Morgan fingerprint density at radius 1 is 1.03 bits per heavy atom. The summed E-state index contributed by atoms with van der Waals surface area (Å²) >= 11 is 1.91. The van der Waals surface area contributed by atoms with Crippen molar-refractivity contribution >= 4 is 52.5 Å². The van der Waals surface area contributed by atoms with Gasteiger partial charge >= 0.3 is 24.0 Å². The van der Waals surface area contributed by atoms with Crippen LogP contribution in [0.1, 0.15) is 42.5 Å². The molecule has 1 aromatic rings. The van der Waals surface area contributed by atoms with Gasteiger partial charge in [-0.05, 0) is 60.1 Å². The lowest BCUT2D eigenvalue weighted by molar-refractivity contribution is -0.148. The summed E-state index contributed by atoms with van der Waals surface area (Å²) in [5, 5.41) is 31.3. The van der Waals surface area contributed by atoms with E-state index < -0.39 is 60.7 Å². The van der Waals surface area contributed by atoms with Gasteiger partial charge in [-0.3, -0.25) is 9.59 Å². The number of carboxylic acids is 3. The number of alkyl carbamates (subject to hydrolysis) is 1. The fraction of sp³-hybridized carbons (Fsp3) is 0.421. The Kier molecular flexibility index (Phi) is 11.4. The van der Waals surface area contributed by atoms with Crippen molar-refractivity contribution in [2.45, 2.75) is 44.2 Å². The minimum Gasteiger partial charge on any atom is -0.481 e. The summed E-state index contributed by atoms with van der Waals surface area (Å²) in [7, 11) is 0. The summed E-state index contributed by atoms with van der Waals surface area (Å²) in [6.45, 7) is 0.136. The quantitative estimate of drug-likeness (QED) is 0.176. The molecule has 0 heterocycles. The van der Waals surface area contributed by atoms with Gasteiger partial charge in [-0.15, -0.1) is 0 Å². The molecule has 13 heteroatoms. The first kappa shape index (κ1) is 27.1. The van der Waals surface area contributed by atoms with Crippen molar-refractivity contribution in [2.24, 2.45) is 0 Å². The first-order valence-electron chi connectivity index (χ1n) is 9.39. The van der Waals surface area contributed by atoms with Crippen LogP contribution >= 0.6 is 22.6 Å². The number of ether oxygens (including phenoxy) is 1. The van der Waals surface area contributed by atoms with Crippen molar-refractivity contribution in [3.8, 4) is 0 Å². The smallest absolute Gasteiger partial charge is 0.408 e. The van der Waals surface area contributed by atoms with E-state index in [0.717, 1.165) is 0 Å². The molecule has 176 valence electrons. The Labute approximate surface area is 195 Å². The Bertz CT molecular complexity index is 865. The summed E-state index contributed by atoms with van der Waals surface area (Å²) in [5.41, 5.74) is -0.117. The predicted octanol–water partition coefficient (Wildman–Crippen LogP) is 1.83. The van der Waals surface area contributed by atoms with Gasteiger partial charge in [0.25, 0.3) is 5.91 Å². The van der Waals surface area contributed by atoms with Crippen LogP contribution in [0.4, 0.5) is 9.18 Å². The van der Waals surface area contributed by atoms with E-state index in [1.807, 2.05) is 27.9 Å². The molecule has 1 rings (SSSR count). The van der Waals surface area contributed by atoms with E-state index in [-0.39, 0.29) is 24.9 Å². The van der Waals surface area contributed by atoms with Crippen molar-refractivity contribution < 1.29 is 48.4 Å². The van der Waals surface area contributed by atoms with Crippen LogP contribution in [0, 0.1) is 9.39 Å². The number of carboxylic acid groups (broad SMARTS) is 3. The zero-order valence-electron chi connectivity index (χ0n) is 16.7. The molecule has 32 heavy (non-hydrogen) atoms. The third-order valence-electron chi connectivity index (χ3n) is 4.12. The van der Waals surface area contributed by atoms with E-state index in [4.69, 9.17) is 10.2 Å². The maximum absolute atomic E-state index is 13.8. The molecular weight excluding hydrogens is 545 g/mol. The third kappa shape index (κ3) is 9.89. The number of halogens is 2. The number of nitrogens with one attached hydrogen (secondary N) is 2. The number of hydrogen-bond donors (Lipinski definition) is 5. The van der Waals surface area contributed by atoms with Gasteiger partial charge in [-0.1, -0.05) is 0 Å². The first-order chi connectivity index (χ1) is 15.0. The number of benzene rings is 1. The van der Waals surface area contributed by atoms with Crippen LogP contribution in [0.2, 0.25) is 0 Å². The molecule has 0 radical (unpaired) electrons. The molecule has 0 aliphatic heterocycles. The second-order valence-corrected chi connectivity index (χ2v) is 7.82. The number of unbranched alkanes of at least 4 members (excludes halogenated alkanes) is 1. The van der Waals surface area contributed by atoms with Crippen LogP contribution in [0.5, 0.6) is 0 Å². The van der Waals surface area contributed by atoms with Crippen molar-refractivity contribution in [2.75, 3.05) is 6.54 Å². The van der Waals surface area contributed by atoms with E-state index in [2.05, 4.69) is 10.1 Å². The number of carbonyl (C=O) groups is 5. The van der Waals surface area contributed by atoms with Gasteiger partial charge < -0.3 is 30.7 Å². The highest BCUT2D eigenvalue weighted by Gasteiger charge is 2.26. The first-order valence-corrected chi connectivity index (χ1v) is 10.5. The normalized spacial score (nSPS) is 12.3. The maximum Gasteiger partial charge on any atom is 0.408 e. The number of carbonyl (C=O) groups excluding carboxylic acids is 2. The molecule has 0 unspecified atom stereocenters. The van der Waals surface area contributed by atoms with E-state index in [0.29, 0.717) is 9.99 Å². The number of hydrogen-bond acceptors (Lipinski definition) is 6. The average molecular weight is 567 g/mol. The second-order valence-electron chi connectivity index (χ2n) is 6.58. The Balaban J connectivity index is 2.45. The molecule has 2 atom stereocenters. The molecule has 0 aromatic heterocycles. The molecule has 11 nitrogen and oxygen atoms in total. The third-order valence-corrected chi connectivity index (χ3v) is 4.79. The van der Waals surface area contributed by atoms with E-state index in [9.17, 15) is 33.5 Å². The molecule has 0 aliphatic rings. The highest BCUT2D eigenvalue weighted by Crippen LogP contribution is 2.12. The molecule has 0 bridgehead atoms. The van der Waals surface area contributed by atoms with Crippen LogP contribution in [0.25, 0.3) is 0 Å². The Hall–Kier alpha value is -2.97. The number of aliphatic carboxylic acids is 3. The Morgan fingerprint density at radius 3 is 2.28 bits per heavy atom. The topological polar surface area (TPSA) is 179 Å². The Morgan fingerprint density at radius 2 is 1.72 bits per heavy atom. The molecule has 0 fully saturated rings. The summed E-state index contributed by atoms with van der Waals surface area (Å²) in [6, 6.07) is 2.76. The van der Waals surface area contributed by atoms with E-state index >= 15 is 0 Å². The SMILES string of the molecule is O=C(O)CC[C@H](OC(=O)N[C@@H](CCCCNC(=O)c1ccc(I)cc1[18F])C(=O)O)C(=O)O. The van der Waals surface area contributed by atoms with Crippen molar-refractivity contribution in [3.05, 3.63) is 33.1 Å². The van der Waals surface area contributed by atoms with Crippen LogP contribution in [0.3, 0.4) is 0 Å². The van der Waals surface area contributed by atoms with Gasteiger partial charge in [-0.25, -0.2) is 18.8 Å². The number of rotatable bonds is 13. The van der Waals surface area contributed by atoms with Gasteiger partial charge in [0.05, 0.1) is 5.56 Å². The monoisotopic (exact) mass is 567 g/mol. The van der Waals surface area contributed by atoms with E-state index in [1.165, 1.54) is 12.1 Å². The molecule has 0 saturated carbocycles. The summed E-state index contributed by atoms with van der Waals surface area (Å²) in [4.78, 5) is 56.7. The summed E-state index contributed by atoms with van der Waals surface area (Å²) in [5.74, 6) is -5.50. The minimum absolute atomic E-state index is 0.0505. The van der Waals surface area contributed by atoms with Crippen LogP contribution < -0.4 is 10.6 Å². The lowest BCUT2D eigenvalue weighted by atomic mass is 10.1. The van der Waals surface area contributed by atoms with Crippen LogP contribution in [0.15, 0.2) is 18.2 Å². The molecule has 1 aromatic carbocycles. The van der Waals surface area contributed by atoms with Gasteiger partial charge in [0.1, 0.15) is 11.9 Å². The molecule has 5 N–H and O–H groups in total. The van der Waals surface area contributed by atoms with Crippen LogP contribution in [-0.2, 0) is 19.1 Å². The van der Waals surface area contributed by atoms with Gasteiger partial charge in [0, 0.05) is 23.0 Å². The van der Waals surface area contributed by atoms with Crippen molar-refractivity contribution in [1.82, 2.24) is 10.6 Å². The maximum atomic E-state index is 13.8. The second kappa shape index (κ2) is 13.4. The molecular formula is C19H22FIN2O9.